The van der Waals surface area contributed by atoms with Gasteiger partial charge in [0.1, 0.15) is 10.8 Å². The molecule has 1 aliphatic heterocycles. The van der Waals surface area contributed by atoms with E-state index in [1.54, 1.807) is 48.3 Å². The first-order valence-electron chi connectivity index (χ1n) is 12.0. The number of hydrogen-bond donors (Lipinski definition) is 3. The van der Waals surface area contributed by atoms with Crippen LogP contribution in [0, 0.1) is 12.7 Å². The molecule has 0 bridgehead atoms. The lowest BCUT2D eigenvalue weighted by molar-refractivity contribution is 0.0737. The fourth-order valence-electron chi connectivity index (χ4n) is 4.47. The lowest BCUT2D eigenvalue weighted by atomic mass is 9.95. The van der Waals surface area contributed by atoms with Gasteiger partial charge in [0, 0.05) is 35.3 Å². The number of nitrogens with one attached hydrogen (secondary N) is 2. The number of nitrogens with zero attached hydrogens (tertiary/aromatic N) is 2. The molecule has 2 amide bonds. The fourth-order valence-corrected chi connectivity index (χ4v) is 5.30. The van der Waals surface area contributed by atoms with E-state index in [1.807, 2.05) is 12.3 Å². The van der Waals surface area contributed by atoms with Gasteiger partial charge in [-0.2, -0.15) is 0 Å². The molecule has 190 valence electrons. The van der Waals surface area contributed by atoms with E-state index in [0.717, 1.165) is 30.1 Å². The molecule has 3 aromatic rings. The van der Waals surface area contributed by atoms with E-state index in [1.165, 1.54) is 23.5 Å². The molecule has 1 aromatic heterocycles. The Morgan fingerprint density at radius 2 is 2.03 bits per heavy atom. The molecule has 9 heteroatoms. The normalized spacial score (nSPS) is 16.9. The van der Waals surface area contributed by atoms with Crippen molar-refractivity contribution in [1.82, 2.24) is 20.5 Å². The van der Waals surface area contributed by atoms with E-state index < -0.39 is 18.1 Å². The minimum absolute atomic E-state index is 0.153. The predicted molar refractivity (Wildman–Crippen MR) is 137 cm³/mol. The van der Waals surface area contributed by atoms with Gasteiger partial charge in [-0.25, -0.2) is 9.37 Å². The van der Waals surface area contributed by atoms with Crippen molar-refractivity contribution in [2.75, 3.05) is 13.6 Å². The SMILES string of the molecule is Cc1csc(CN(C)C(=O)c2cccc(C(=O)N[C@@H](Cc3cccc(F)c3)[C@H](O)[C@H]3CCCN3)c2)n1. The van der Waals surface area contributed by atoms with Gasteiger partial charge in [-0.15, -0.1) is 11.3 Å². The number of aliphatic hydroxyl groups is 1. The molecule has 36 heavy (non-hydrogen) atoms. The quantitative estimate of drug-likeness (QED) is 0.411. The zero-order valence-electron chi connectivity index (χ0n) is 20.4. The van der Waals surface area contributed by atoms with Crippen molar-refractivity contribution in [2.45, 2.75) is 50.9 Å². The molecule has 0 aliphatic carbocycles. The summed E-state index contributed by atoms with van der Waals surface area (Å²) >= 11 is 1.50. The summed E-state index contributed by atoms with van der Waals surface area (Å²) in [5, 5.41) is 20.0. The third-order valence-corrected chi connectivity index (χ3v) is 7.29. The molecule has 0 saturated carbocycles. The van der Waals surface area contributed by atoms with Gasteiger partial charge in [0.15, 0.2) is 0 Å². The molecule has 3 N–H and O–H groups in total. The lowest BCUT2D eigenvalue weighted by Crippen LogP contribution is -2.52. The van der Waals surface area contributed by atoms with Gasteiger partial charge >= 0.3 is 0 Å². The maximum atomic E-state index is 13.8. The Balaban J connectivity index is 1.48. The van der Waals surface area contributed by atoms with Crippen LogP contribution in [0.2, 0.25) is 0 Å². The highest BCUT2D eigenvalue weighted by Gasteiger charge is 2.31. The summed E-state index contributed by atoms with van der Waals surface area (Å²) in [5.74, 6) is -0.986. The van der Waals surface area contributed by atoms with Gasteiger partial charge in [0.2, 0.25) is 0 Å². The highest BCUT2D eigenvalue weighted by molar-refractivity contribution is 7.09. The number of rotatable bonds is 9. The van der Waals surface area contributed by atoms with Crippen LogP contribution in [0.15, 0.2) is 53.9 Å². The van der Waals surface area contributed by atoms with Crippen LogP contribution >= 0.6 is 11.3 Å². The Bertz CT molecular complexity index is 1210. The standard InChI is InChI=1S/C27H31FN4O3S/c1-17-16-36-24(30-17)15-32(2)27(35)20-8-4-7-19(14-20)26(34)31-23(25(33)22-10-5-11-29-22)13-18-6-3-9-21(28)12-18/h3-4,6-9,12,14,16,22-23,25,29,33H,5,10-11,13,15H2,1-2H3,(H,31,34)/t22-,23+,25-/m1/s1. The Morgan fingerprint density at radius 1 is 1.25 bits per heavy atom. The summed E-state index contributed by atoms with van der Waals surface area (Å²) in [6.07, 6.45) is 1.17. The van der Waals surface area contributed by atoms with Gasteiger partial charge in [0.25, 0.3) is 11.8 Å². The van der Waals surface area contributed by atoms with Crippen molar-refractivity contribution >= 4 is 23.2 Å². The molecule has 0 spiro atoms. The maximum Gasteiger partial charge on any atom is 0.253 e. The first kappa shape index (κ1) is 25.9. The number of aliphatic hydroxyl groups excluding tert-OH is 1. The second-order valence-corrected chi connectivity index (χ2v) is 10.2. The molecular formula is C27H31FN4O3S. The highest BCUT2D eigenvalue weighted by atomic mass is 32.1. The molecule has 4 rings (SSSR count). The number of hydrogen-bond acceptors (Lipinski definition) is 6. The number of aryl methyl sites for hydroxylation is 1. The zero-order chi connectivity index (χ0) is 25.7. The molecule has 1 aliphatic rings. The number of carbonyl (C=O) groups is 2. The largest absolute Gasteiger partial charge is 0.389 e. The Hall–Kier alpha value is -3.14. The van der Waals surface area contributed by atoms with Crippen LogP contribution in [-0.2, 0) is 13.0 Å². The minimum atomic E-state index is -0.850. The van der Waals surface area contributed by atoms with Crippen LogP contribution in [0.5, 0.6) is 0 Å². The fraction of sp³-hybridized carbons (Fsp3) is 0.370. The van der Waals surface area contributed by atoms with Crippen LogP contribution in [0.1, 0.15) is 49.8 Å². The van der Waals surface area contributed by atoms with Crippen molar-refractivity contribution in [1.29, 1.82) is 0 Å². The first-order valence-corrected chi connectivity index (χ1v) is 12.9. The third-order valence-electron chi connectivity index (χ3n) is 6.34. The van der Waals surface area contributed by atoms with E-state index >= 15 is 0 Å². The first-order chi connectivity index (χ1) is 17.3. The van der Waals surface area contributed by atoms with E-state index in [2.05, 4.69) is 15.6 Å². The van der Waals surface area contributed by atoms with Gasteiger partial charge in [-0.3, -0.25) is 9.59 Å². The maximum absolute atomic E-state index is 13.8. The minimum Gasteiger partial charge on any atom is -0.389 e. The van der Waals surface area contributed by atoms with Crippen molar-refractivity contribution < 1.29 is 19.1 Å². The highest BCUT2D eigenvalue weighted by Crippen LogP contribution is 2.18. The summed E-state index contributed by atoms with van der Waals surface area (Å²) in [6, 6.07) is 11.9. The average molecular weight is 511 g/mol. The van der Waals surface area contributed by atoms with Gasteiger partial charge in [-0.1, -0.05) is 18.2 Å². The van der Waals surface area contributed by atoms with Crippen LogP contribution in [-0.4, -0.2) is 58.6 Å². The Morgan fingerprint density at radius 3 is 2.72 bits per heavy atom. The van der Waals surface area contributed by atoms with Crippen molar-refractivity contribution in [3.63, 3.8) is 0 Å². The van der Waals surface area contributed by atoms with Gasteiger partial charge < -0.3 is 20.6 Å². The molecule has 0 unspecified atom stereocenters. The summed E-state index contributed by atoms with van der Waals surface area (Å²) in [7, 11) is 1.70. The molecule has 0 radical (unpaired) electrons. The number of thiazole rings is 1. The second kappa shape index (κ2) is 11.7. The average Bonchev–Trinajstić information content (AvgIpc) is 3.55. The van der Waals surface area contributed by atoms with E-state index in [0.29, 0.717) is 23.2 Å². The molecule has 1 fully saturated rings. The van der Waals surface area contributed by atoms with E-state index in [9.17, 15) is 19.1 Å². The van der Waals surface area contributed by atoms with Crippen LogP contribution in [0.3, 0.4) is 0 Å². The lowest BCUT2D eigenvalue weighted by Gasteiger charge is -2.29. The van der Waals surface area contributed by atoms with Crippen LogP contribution in [0.25, 0.3) is 0 Å². The summed E-state index contributed by atoms with van der Waals surface area (Å²) in [6.45, 7) is 3.09. The number of amides is 2. The number of aromatic nitrogens is 1. The Kier molecular flexibility index (Phi) is 8.45. The molecular weight excluding hydrogens is 479 g/mol. The smallest absolute Gasteiger partial charge is 0.253 e. The van der Waals surface area contributed by atoms with Crippen molar-refractivity contribution in [3.05, 3.63) is 87.1 Å². The Labute approximate surface area is 214 Å². The third kappa shape index (κ3) is 6.54. The monoisotopic (exact) mass is 510 g/mol. The van der Waals surface area contributed by atoms with Crippen LogP contribution in [0.4, 0.5) is 4.39 Å². The number of carbonyl (C=O) groups excluding carboxylic acids is 2. The topological polar surface area (TPSA) is 94.6 Å². The zero-order valence-corrected chi connectivity index (χ0v) is 21.2. The number of benzene rings is 2. The molecule has 3 atom stereocenters. The van der Waals surface area contributed by atoms with Crippen LogP contribution < -0.4 is 10.6 Å². The number of halogens is 1. The summed E-state index contributed by atoms with van der Waals surface area (Å²) in [4.78, 5) is 32.2. The summed E-state index contributed by atoms with van der Waals surface area (Å²) < 4.78 is 13.8. The van der Waals surface area contributed by atoms with Gasteiger partial charge in [0.05, 0.1) is 18.7 Å². The second-order valence-electron chi connectivity index (χ2n) is 9.23. The predicted octanol–water partition coefficient (Wildman–Crippen LogP) is 3.32. The van der Waals surface area contributed by atoms with Gasteiger partial charge in [-0.05, 0) is 68.6 Å². The van der Waals surface area contributed by atoms with Crippen molar-refractivity contribution in [2.24, 2.45) is 0 Å². The molecule has 2 heterocycles. The molecule has 1 saturated heterocycles. The van der Waals surface area contributed by atoms with E-state index in [-0.39, 0.29) is 24.2 Å². The summed E-state index contributed by atoms with van der Waals surface area (Å²) in [5.41, 5.74) is 2.30. The van der Waals surface area contributed by atoms with E-state index in [4.69, 9.17) is 0 Å². The molecule has 2 aromatic carbocycles. The molecule has 7 nitrogen and oxygen atoms in total. The van der Waals surface area contributed by atoms with Crippen molar-refractivity contribution in [3.8, 4) is 0 Å².